The number of nitrogens with one attached hydrogen (secondary N) is 1. The zero-order valence-corrected chi connectivity index (χ0v) is 13.6. The van der Waals surface area contributed by atoms with Gasteiger partial charge in [0.1, 0.15) is 12.4 Å². The molecular weight excluding hydrogens is 290 g/mol. The maximum absolute atomic E-state index is 10.7. The first-order valence-electron chi connectivity index (χ1n) is 7.75. The molecule has 1 saturated carbocycles. The first-order chi connectivity index (χ1) is 11.2. The van der Waals surface area contributed by atoms with E-state index in [0.29, 0.717) is 6.61 Å². The summed E-state index contributed by atoms with van der Waals surface area (Å²) in [5, 5.41) is 2.37. The predicted octanol–water partition coefficient (Wildman–Crippen LogP) is 4.12. The lowest BCUT2D eigenvalue weighted by Crippen LogP contribution is -2.18. The van der Waals surface area contributed by atoms with Gasteiger partial charge in [0, 0.05) is 7.05 Å². The van der Waals surface area contributed by atoms with E-state index >= 15 is 0 Å². The fraction of sp³-hybridized carbons (Fsp3) is 0.316. The zero-order chi connectivity index (χ0) is 16.5. The standard InChI is InChI=1S/C10H12O.C9H11NO2/c1-11-10-6-4-9(5-7-10)8-2-3-8;1-10-9(11)12-7-8-5-3-2-4-6-8/h4-8H,2-3H2,1H3;2-6H,7H2,1H3,(H,10,11). The average molecular weight is 313 g/mol. The van der Waals surface area contributed by atoms with Crippen molar-refractivity contribution in [3.8, 4) is 5.75 Å². The molecular formula is C19H23NO3. The topological polar surface area (TPSA) is 47.6 Å². The van der Waals surface area contributed by atoms with Crippen molar-refractivity contribution in [2.75, 3.05) is 14.2 Å². The van der Waals surface area contributed by atoms with Crippen molar-refractivity contribution in [1.29, 1.82) is 0 Å². The number of benzene rings is 2. The Balaban J connectivity index is 0.000000167. The minimum atomic E-state index is -0.404. The molecule has 0 radical (unpaired) electrons. The molecule has 0 heterocycles. The lowest BCUT2D eigenvalue weighted by Gasteiger charge is -2.02. The fourth-order valence-electron chi connectivity index (χ4n) is 2.09. The van der Waals surface area contributed by atoms with Gasteiger partial charge in [0.2, 0.25) is 0 Å². The summed E-state index contributed by atoms with van der Waals surface area (Å²) < 4.78 is 9.90. The molecule has 1 aliphatic carbocycles. The van der Waals surface area contributed by atoms with Gasteiger partial charge >= 0.3 is 6.09 Å². The summed E-state index contributed by atoms with van der Waals surface area (Å²) in [6.45, 7) is 0.320. The Kier molecular flexibility index (Phi) is 6.48. The number of amides is 1. The second kappa shape index (κ2) is 8.83. The van der Waals surface area contributed by atoms with Gasteiger partial charge in [-0.25, -0.2) is 4.79 Å². The molecule has 1 fully saturated rings. The number of ether oxygens (including phenoxy) is 2. The van der Waals surface area contributed by atoms with Gasteiger partial charge in [-0.15, -0.1) is 0 Å². The van der Waals surface area contributed by atoms with Gasteiger partial charge in [-0.1, -0.05) is 42.5 Å². The summed E-state index contributed by atoms with van der Waals surface area (Å²) in [5.41, 5.74) is 2.45. The Labute approximate surface area is 137 Å². The van der Waals surface area contributed by atoms with E-state index in [1.807, 2.05) is 42.5 Å². The van der Waals surface area contributed by atoms with Crippen LogP contribution >= 0.6 is 0 Å². The van der Waals surface area contributed by atoms with Crippen LogP contribution in [0.3, 0.4) is 0 Å². The Morgan fingerprint density at radius 1 is 1.09 bits per heavy atom. The minimum absolute atomic E-state index is 0.320. The number of carbonyl (C=O) groups is 1. The molecule has 0 unspecified atom stereocenters. The molecule has 2 aromatic carbocycles. The Hall–Kier alpha value is -2.49. The molecule has 4 nitrogen and oxygen atoms in total. The molecule has 0 spiro atoms. The average Bonchev–Trinajstić information content (AvgIpc) is 3.46. The quantitative estimate of drug-likeness (QED) is 0.924. The van der Waals surface area contributed by atoms with Crippen molar-refractivity contribution in [2.45, 2.75) is 25.4 Å². The molecule has 3 rings (SSSR count). The molecule has 0 atom stereocenters. The summed E-state index contributed by atoms with van der Waals surface area (Å²) in [4.78, 5) is 10.7. The van der Waals surface area contributed by atoms with Crippen LogP contribution in [-0.4, -0.2) is 20.3 Å². The number of methoxy groups -OCH3 is 1. The molecule has 0 bridgehead atoms. The van der Waals surface area contributed by atoms with Gasteiger partial charge in [-0.3, -0.25) is 0 Å². The van der Waals surface area contributed by atoms with Crippen molar-refractivity contribution < 1.29 is 14.3 Å². The highest BCUT2D eigenvalue weighted by Crippen LogP contribution is 2.40. The van der Waals surface area contributed by atoms with Crippen molar-refractivity contribution in [2.24, 2.45) is 0 Å². The second-order valence-electron chi connectivity index (χ2n) is 5.36. The molecule has 2 aromatic rings. The van der Waals surface area contributed by atoms with E-state index in [0.717, 1.165) is 17.2 Å². The Morgan fingerprint density at radius 3 is 2.26 bits per heavy atom. The van der Waals surface area contributed by atoms with Crippen LogP contribution in [0.1, 0.15) is 29.9 Å². The molecule has 0 aliphatic heterocycles. The van der Waals surface area contributed by atoms with Crippen LogP contribution in [0.4, 0.5) is 4.79 Å². The van der Waals surface area contributed by atoms with E-state index in [4.69, 9.17) is 9.47 Å². The third kappa shape index (κ3) is 6.02. The largest absolute Gasteiger partial charge is 0.497 e. The zero-order valence-electron chi connectivity index (χ0n) is 13.6. The van der Waals surface area contributed by atoms with Crippen molar-refractivity contribution in [3.05, 3.63) is 65.7 Å². The highest BCUT2D eigenvalue weighted by atomic mass is 16.5. The highest BCUT2D eigenvalue weighted by Gasteiger charge is 2.22. The smallest absolute Gasteiger partial charge is 0.407 e. The molecule has 1 aliphatic rings. The Bertz CT molecular complexity index is 592. The number of carbonyl (C=O) groups excluding carboxylic acids is 1. The third-order valence-electron chi connectivity index (χ3n) is 3.58. The summed E-state index contributed by atoms with van der Waals surface area (Å²) in [6.07, 6.45) is 2.33. The molecule has 4 heteroatoms. The van der Waals surface area contributed by atoms with E-state index in [-0.39, 0.29) is 0 Å². The second-order valence-corrected chi connectivity index (χ2v) is 5.36. The monoisotopic (exact) mass is 313 g/mol. The SMILES string of the molecule is CNC(=O)OCc1ccccc1.COc1ccc(C2CC2)cc1. The molecule has 0 aromatic heterocycles. The first kappa shape index (κ1) is 16.9. The van der Waals surface area contributed by atoms with Crippen LogP contribution in [0.5, 0.6) is 5.75 Å². The van der Waals surface area contributed by atoms with E-state index < -0.39 is 6.09 Å². The number of alkyl carbamates (subject to hydrolysis) is 1. The summed E-state index contributed by atoms with van der Waals surface area (Å²) in [6, 6.07) is 17.9. The molecule has 1 N–H and O–H groups in total. The van der Waals surface area contributed by atoms with Crippen LogP contribution in [0.25, 0.3) is 0 Å². The predicted molar refractivity (Wildman–Crippen MR) is 90.7 cm³/mol. The van der Waals surface area contributed by atoms with Gasteiger partial charge in [-0.05, 0) is 42.0 Å². The van der Waals surface area contributed by atoms with Crippen LogP contribution in [-0.2, 0) is 11.3 Å². The van der Waals surface area contributed by atoms with Gasteiger partial charge in [0.25, 0.3) is 0 Å². The normalized spacial score (nSPS) is 12.6. The summed E-state index contributed by atoms with van der Waals surface area (Å²) in [5.74, 6) is 1.80. The highest BCUT2D eigenvalue weighted by molar-refractivity contribution is 5.66. The van der Waals surface area contributed by atoms with Crippen LogP contribution < -0.4 is 10.1 Å². The maximum Gasteiger partial charge on any atom is 0.407 e. The van der Waals surface area contributed by atoms with Crippen LogP contribution in [0.2, 0.25) is 0 Å². The minimum Gasteiger partial charge on any atom is -0.497 e. The van der Waals surface area contributed by atoms with E-state index in [9.17, 15) is 4.79 Å². The first-order valence-corrected chi connectivity index (χ1v) is 7.75. The van der Waals surface area contributed by atoms with Crippen molar-refractivity contribution >= 4 is 6.09 Å². The molecule has 23 heavy (non-hydrogen) atoms. The van der Waals surface area contributed by atoms with Crippen LogP contribution in [0, 0.1) is 0 Å². The lowest BCUT2D eigenvalue weighted by atomic mass is 10.1. The molecule has 1 amide bonds. The van der Waals surface area contributed by atoms with Gasteiger partial charge in [0.05, 0.1) is 7.11 Å². The van der Waals surface area contributed by atoms with Gasteiger partial charge in [0.15, 0.2) is 0 Å². The van der Waals surface area contributed by atoms with Crippen LogP contribution in [0.15, 0.2) is 54.6 Å². The molecule has 122 valence electrons. The number of hydrogen-bond donors (Lipinski definition) is 1. The van der Waals surface area contributed by atoms with Gasteiger partial charge < -0.3 is 14.8 Å². The third-order valence-corrected chi connectivity index (χ3v) is 3.58. The lowest BCUT2D eigenvalue weighted by molar-refractivity contribution is 0.142. The summed E-state index contributed by atoms with van der Waals surface area (Å²) >= 11 is 0. The van der Waals surface area contributed by atoms with E-state index in [1.54, 1.807) is 7.11 Å². The number of hydrogen-bond acceptors (Lipinski definition) is 3. The fourth-order valence-corrected chi connectivity index (χ4v) is 2.09. The maximum atomic E-state index is 10.7. The summed E-state index contributed by atoms with van der Waals surface area (Å²) in [7, 11) is 3.24. The molecule has 0 saturated heterocycles. The number of rotatable bonds is 4. The van der Waals surface area contributed by atoms with Gasteiger partial charge in [-0.2, -0.15) is 0 Å². The van der Waals surface area contributed by atoms with Crippen molar-refractivity contribution in [1.82, 2.24) is 5.32 Å². The Morgan fingerprint density at radius 2 is 1.74 bits per heavy atom. The van der Waals surface area contributed by atoms with Crippen molar-refractivity contribution in [3.63, 3.8) is 0 Å². The van der Waals surface area contributed by atoms with E-state index in [2.05, 4.69) is 17.4 Å². The van der Waals surface area contributed by atoms with E-state index in [1.165, 1.54) is 25.5 Å².